The van der Waals surface area contributed by atoms with E-state index in [0.717, 1.165) is 35.5 Å². The first kappa shape index (κ1) is 27.8. The highest BCUT2D eigenvalue weighted by atomic mass is 32.1. The van der Waals surface area contributed by atoms with Crippen LogP contribution in [0.5, 0.6) is 5.75 Å². The molecule has 210 valence electrons. The zero-order chi connectivity index (χ0) is 28.8. The van der Waals surface area contributed by atoms with Gasteiger partial charge in [0.1, 0.15) is 12.1 Å². The molecule has 5 rings (SSSR count). The molecule has 12 heteroatoms. The van der Waals surface area contributed by atoms with Gasteiger partial charge >= 0.3 is 6.36 Å². The molecule has 0 radical (unpaired) electrons. The summed E-state index contributed by atoms with van der Waals surface area (Å²) >= 11 is 1.48. The van der Waals surface area contributed by atoms with Gasteiger partial charge in [-0.05, 0) is 61.4 Å². The summed E-state index contributed by atoms with van der Waals surface area (Å²) in [6.45, 7) is 6.23. The highest BCUT2D eigenvalue weighted by Crippen LogP contribution is 2.24. The summed E-state index contributed by atoms with van der Waals surface area (Å²) in [6, 6.07) is 21.3. The molecular weight excluding hydrogens is 551 g/mol. The molecule has 0 aliphatic carbocycles. The normalized spacial score (nSPS) is 12.3. The summed E-state index contributed by atoms with van der Waals surface area (Å²) in [6.07, 6.45) is -1.58. The Morgan fingerprint density at radius 2 is 1.63 bits per heavy atom. The third-order valence-electron chi connectivity index (χ3n) is 6.19. The molecular formula is C29H26F3N7OS. The molecule has 0 saturated carbocycles. The number of nitrogens with zero attached hydrogens (tertiary/aromatic N) is 6. The van der Waals surface area contributed by atoms with Crippen molar-refractivity contribution in [1.82, 2.24) is 19.7 Å². The fourth-order valence-corrected chi connectivity index (χ4v) is 4.79. The van der Waals surface area contributed by atoms with Crippen molar-refractivity contribution in [2.45, 2.75) is 20.2 Å². The maximum atomic E-state index is 12.4. The summed E-state index contributed by atoms with van der Waals surface area (Å²) in [5, 5.41) is 14.9. The molecule has 0 aliphatic rings. The van der Waals surface area contributed by atoms with Crippen molar-refractivity contribution < 1.29 is 17.9 Å². The van der Waals surface area contributed by atoms with E-state index in [1.165, 1.54) is 52.3 Å². The third-order valence-corrected chi connectivity index (χ3v) is 6.95. The number of nitrogens with one attached hydrogen (secondary N) is 1. The quantitative estimate of drug-likeness (QED) is 0.157. The molecule has 0 fully saturated rings. The molecule has 0 unspecified atom stereocenters. The van der Waals surface area contributed by atoms with Gasteiger partial charge in [-0.3, -0.25) is 0 Å². The number of hydrogen-bond donors (Lipinski definition) is 1. The third kappa shape index (κ3) is 7.09. The van der Waals surface area contributed by atoms with Crippen LogP contribution in [-0.4, -0.2) is 45.4 Å². The number of ether oxygens (including phenoxy) is 1. The second-order valence-corrected chi connectivity index (χ2v) is 9.68. The van der Waals surface area contributed by atoms with E-state index in [4.69, 9.17) is 0 Å². The Balaban J connectivity index is 1.22. The van der Waals surface area contributed by atoms with Crippen molar-refractivity contribution in [2.75, 3.05) is 18.0 Å². The van der Waals surface area contributed by atoms with Crippen LogP contribution in [0.15, 0.2) is 94.7 Å². The molecule has 3 aromatic carbocycles. The Morgan fingerprint density at radius 1 is 0.951 bits per heavy atom. The highest BCUT2D eigenvalue weighted by molar-refractivity contribution is 7.07. The minimum atomic E-state index is -4.74. The van der Waals surface area contributed by atoms with Crippen LogP contribution in [0.3, 0.4) is 0 Å². The van der Waals surface area contributed by atoms with E-state index in [2.05, 4.69) is 73.0 Å². The molecule has 0 spiro atoms. The van der Waals surface area contributed by atoms with E-state index < -0.39 is 6.36 Å². The number of anilines is 1. The Bertz CT molecular complexity index is 1670. The molecule has 0 bridgehead atoms. The van der Waals surface area contributed by atoms with Gasteiger partial charge in [0.2, 0.25) is 4.80 Å². The van der Waals surface area contributed by atoms with Crippen LogP contribution in [0.2, 0.25) is 0 Å². The maximum absolute atomic E-state index is 12.4. The molecule has 8 nitrogen and oxygen atoms in total. The first-order valence-corrected chi connectivity index (χ1v) is 13.7. The topological polar surface area (TPSA) is 83.7 Å². The molecule has 2 heterocycles. The van der Waals surface area contributed by atoms with Gasteiger partial charge in [0.15, 0.2) is 5.82 Å². The van der Waals surface area contributed by atoms with Crippen LogP contribution in [0.1, 0.15) is 19.4 Å². The fraction of sp³-hybridized carbons (Fsp3) is 0.172. The van der Waals surface area contributed by atoms with Gasteiger partial charge in [0.05, 0.1) is 17.6 Å². The summed E-state index contributed by atoms with van der Waals surface area (Å²) in [4.78, 5) is 10.6. The predicted octanol–water partition coefficient (Wildman–Crippen LogP) is 6.67. The van der Waals surface area contributed by atoms with Crippen molar-refractivity contribution in [3.8, 4) is 34.1 Å². The lowest BCUT2D eigenvalue weighted by Gasteiger charge is -2.20. The van der Waals surface area contributed by atoms with E-state index >= 15 is 0 Å². The second-order valence-electron chi connectivity index (χ2n) is 8.82. The van der Waals surface area contributed by atoms with Crippen molar-refractivity contribution in [2.24, 2.45) is 10.2 Å². The van der Waals surface area contributed by atoms with Crippen LogP contribution in [-0.2, 0) is 0 Å². The summed E-state index contributed by atoms with van der Waals surface area (Å²) in [7, 11) is 0. The van der Waals surface area contributed by atoms with Gasteiger partial charge in [-0.25, -0.2) is 9.67 Å². The number of thiazole rings is 1. The molecule has 0 saturated heterocycles. The Labute approximate surface area is 238 Å². The van der Waals surface area contributed by atoms with Crippen LogP contribution in [0, 0.1) is 0 Å². The minimum absolute atomic E-state index is 0.302. The first-order valence-electron chi connectivity index (χ1n) is 12.8. The average molecular weight is 578 g/mol. The van der Waals surface area contributed by atoms with Crippen LogP contribution < -0.4 is 14.4 Å². The zero-order valence-corrected chi connectivity index (χ0v) is 23.0. The van der Waals surface area contributed by atoms with E-state index in [9.17, 15) is 13.2 Å². The van der Waals surface area contributed by atoms with Gasteiger partial charge in [-0.1, -0.05) is 36.4 Å². The highest BCUT2D eigenvalue weighted by Gasteiger charge is 2.31. The van der Waals surface area contributed by atoms with Gasteiger partial charge in [-0.15, -0.1) is 34.7 Å². The average Bonchev–Trinajstić information content (AvgIpc) is 3.65. The van der Waals surface area contributed by atoms with E-state index in [0.29, 0.717) is 16.3 Å². The van der Waals surface area contributed by atoms with E-state index in [1.807, 2.05) is 29.6 Å². The van der Waals surface area contributed by atoms with Crippen molar-refractivity contribution >= 4 is 23.2 Å². The minimum Gasteiger partial charge on any atom is -0.406 e. The number of rotatable bonds is 9. The number of halogens is 3. The monoisotopic (exact) mass is 577 g/mol. The van der Waals surface area contributed by atoms with Gasteiger partial charge < -0.3 is 14.6 Å². The Hall–Kier alpha value is -4.71. The number of H-pyrrole nitrogens is 1. The number of aromatic nitrogens is 4. The van der Waals surface area contributed by atoms with Crippen molar-refractivity contribution in [1.29, 1.82) is 0 Å². The molecule has 1 N–H and O–H groups in total. The largest absolute Gasteiger partial charge is 0.573 e. The smallest absolute Gasteiger partial charge is 0.406 e. The van der Waals surface area contributed by atoms with Gasteiger partial charge in [0.25, 0.3) is 0 Å². The number of benzene rings is 3. The zero-order valence-electron chi connectivity index (χ0n) is 22.2. The molecule has 0 amide bonds. The van der Waals surface area contributed by atoms with Crippen LogP contribution >= 0.6 is 11.3 Å². The lowest BCUT2D eigenvalue weighted by molar-refractivity contribution is -0.274. The molecule has 2 aromatic heterocycles. The molecule has 0 aliphatic heterocycles. The summed E-state index contributed by atoms with van der Waals surface area (Å²) in [5.74, 6) is 0.170. The lowest BCUT2D eigenvalue weighted by Crippen LogP contribution is -2.21. The van der Waals surface area contributed by atoms with E-state index in [-0.39, 0.29) is 5.75 Å². The predicted molar refractivity (Wildman–Crippen MR) is 154 cm³/mol. The maximum Gasteiger partial charge on any atom is 0.573 e. The van der Waals surface area contributed by atoms with Crippen molar-refractivity contribution in [3.05, 3.63) is 94.9 Å². The summed E-state index contributed by atoms with van der Waals surface area (Å²) in [5.41, 5.74) is 5.44. The van der Waals surface area contributed by atoms with Crippen LogP contribution in [0.25, 0.3) is 28.3 Å². The van der Waals surface area contributed by atoms with Gasteiger partial charge in [-0.2, -0.15) is 5.10 Å². The lowest BCUT2D eigenvalue weighted by atomic mass is 10.1. The van der Waals surface area contributed by atoms with Crippen LogP contribution in [0.4, 0.5) is 18.9 Å². The SMILES string of the molecule is CCN(CC)c1ccc(-c2cs/c(=N\N=Cc3ccc(-c4ncn(-c5ccc(OC(F)(F)F)cc5)n4)cc3)[nH]2)cc1. The van der Waals surface area contributed by atoms with Gasteiger partial charge in [0, 0.05) is 29.7 Å². The molecule has 41 heavy (non-hydrogen) atoms. The number of alkyl halides is 3. The Kier molecular flexibility index (Phi) is 8.29. The number of aromatic amines is 1. The molecule has 0 atom stereocenters. The first-order chi connectivity index (χ1) is 19.8. The van der Waals surface area contributed by atoms with Crippen molar-refractivity contribution in [3.63, 3.8) is 0 Å². The second kappa shape index (κ2) is 12.2. The molecule has 5 aromatic rings. The standard InChI is InChI=1S/C29H26F3N7OS/c1-3-38(4-2)23-11-9-21(10-12-23)26-18-41-28(35-26)36-34-17-20-5-7-22(8-6-20)27-33-19-39(37-27)24-13-15-25(16-14-24)40-29(30,31)32/h5-19H,3-4H2,1-2H3,(H,35,36). The Morgan fingerprint density at radius 3 is 2.29 bits per heavy atom. The summed E-state index contributed by atoms with van der Waals surface area (Å²) < 4.78 is 42.5. The fourth-order valence-electron chi connectivity index (χ4n) is 4.10. The number of hydrogen-bond acceptors (Lipinski definition) is 7. The van der Waals surface area contributed by atoms with E-state index in [1.54, 1.807) is 6.21 Å².